The minimum absolute atomic E-state index is 0.0820. The minimum Gasteiger partial charge on any atom is -0.323 e. The van der Waals surface area contributed by atoms with Crippen LogP contribution in [0.3, 0.4) is 0 Å². The van der Waals surface area contributed by atoms with Crippen LogP contribution in [-0.4, -0.2) is 47.0 Å². The zero-order chi connectivity index (χ0) is 20.0. The molecule has 1 N–H and O–H groups in total. The lowest BCUT2D eigenvalue weighted by Crippen LogP contribution is -2.67. The van der Waals surface area contributed by atoms with Crippen molar-refractivity contribution in [3.63, 3.8) is 0 Å². The van der Waals surface area contributed by atoms with Gasteiger partial charge in [-0.25, -0.2) is 13.1 Å². The van der Waals surface area contributed by atoms with Crippen LogP contribution in [0.5, 0.6) is 0 Å². The normalized spacial score (nSPS) is 19.5. The topological polar surface area (TPSA) is 101 Å². The number of hydrogen-bond acceptors (Lipinski definition) is 5. The van der Waals surface area contributed by atoms with Crippen LogP contribution in [0.25, 0.3) is 0 Å². The van der Waals surface area contributed by atoms with Crippen molar-refractivity contribution in [1.82, 2.24) is 19.4 Å². The molecule has 1 fully saturated rings. The molecule has 2 aromatic rings. The summed E-state index contributed by atoms with van der Waals surface area (Å²) in [6, 6.07) is 7.08. The number of sulfonamides is 1. The number of nitrogens with one attached hydrogen (secondary N) is 1. The Morgan fingerprint density at radius 2 is 1.89 bits per heavy atom. The standard InChI is InChI=1S/C17H19ClN4O4S/c1-11-10-14(19-21(11)3)15(23)22-9-8-17(22,2)16(24)20-27(25,26)13-6-4-12(18)5-7-13/h4-7,10H,8-9H2,1-3H3,(H,20,24). The molecule has 1 unspecified atom stereocenters. The molecule has 0 aliphatic carbocycles. The van der Waals surface area contributed by atoms with Crippen molar-refractivity contribution in [2.24, 2.45) is 7.05 Å². The second-order valence-corrected chi connectivity index (χ2v) is 8.78. The van der Waals surface area contributed by atoms with Crippen LogP contribution in [0.2, 0.25) is 5.02 Å². The first kappa shape index (κ1) is 19.4. The molecular weight excluding hydrogens is 392 g/mol. The molecule has 3 rings (SSSR count). The number of rotatable bonds is 4. The molecule has 1 aromatic heterocycles. The van der Waals surface area contributed by atoms with E-state index in [1.807, 2.05) is 6.92 Å². The van der Waals surface area contributed by atoms with Gasteiger partial charge in [0.2, 0.25) is 0 Å². The third-order valence-corrected chi connectivity index (χ3v) is 6.44. The van der Waals surface area contributed by atoms with Crippen molar-refractivity contribution >= 4 is 33.4 Å². The molecule has 8 nitrogen and oxygen atoms in total. The highest BCUT2D eigenvalue weighted by Gasteiger charge is 2.51. The average molecular weight is 411 g/mol. The van der Waals surface area contributed by atoms with E-state index in [9.17, 15) is 18.0 Å². The van der Waals surface area contributed by atoms with Gasteiger partial charge in [-0.05, 0) is 50.6 Å². The van der Waals surface area contributed by atoms with Gasteiger partial charge >= 0.3 is 0 Å². The van der Waals surface area contributed by atoms with E-state index in [1.165, 1.54) is 36.1 Å². The van der Waals surface area contributed by atoms with E-state index in [4.69, 9.17) is 11.6 Å². The summed E-state index contributed by atoms with van der Waals surface area (Å²) in [5.41, 5.74) is -0.244. The summed E-state index contributed by atoms with van der Waals surface area (Å²) in [6.45, 7) is 3.70. The Hall–Kier alpha value is -2.39. The van der Waals surface area contributed by atoms with E-state index >= 15 is 0 Å². The zero-order valence-corrected chi connectivity index (χ0v) is 16.6. The van der Waals surface area contributed by atoms with E-state index in [0.29, 0.717) is 18.0 Å². The summed E-state index contributed by atoms with van der Waals surface area (Å²) in [4.78, 5) is 26.6. The van der Waals surface area contributed by atoms with Crippen molar-refractivity contribution in [3.05, 3.63) is 46.7 Å². The maximum absolute atomic E-state index is 12.7. The molecule has 1 atom stereocenters. The fourth-order valence-corrected chi connectivity index (χ4v) is 4.03. The number of benzene rings is 1. The Labute approximate surface area is 162 Å². The number of carbonyl (C=O) groups is 2. The summed E-state index contributed by atoms with van der Waals surface area (Å²) in [5, 5.41) is 4.51. The predicted molar refractivity (Wildman–Crippen MR) is 98.8 cm³/mol. The first-order valence-corrected chi connectivity index (χ1v) is 10.1. The highest BCUT2D eigenvalue weighted by Crippen LogP contribution is 2.32. The second kappa shape index (κ2) is 6.65. The predicted octanol–water partition coefficient (Wildman–Crippen LogP) is 1.49. The van der Waals surface area contributed by atoms with Crippen LogP contribution in [0.1, 0.15) is 29.5 Å². The van der Waals surface area contributed by atoms with Crippen LogP contribution in [-0.2, 0) is 21.9 Å². The summed E-state index contributed by atoms with van der Waals surface area (Å²) in [6.07, 6.45) is 0.354. The molecule has 0 saturated carbocycles. The quantitative estimate of drug-likeness (QED) is 0.822. The second-order valence-electron chi connectivity index (χ2n) is 6.66. The van der Waals surface area contributed by atoms with Gasteiger partial charge in [0.15, 0.2) is 5.69 Å². The molecule has 0 spiro atoms. The highest BCUT2D eigenvalue weighted by molar-refractivity contribution is 7.90. The van der Waals surface area contributed by atoms with Crippen LogP contribution < -0.4 is 4.72 Å². The lowest BCUT2D eigenvalue weighted by atomic mass is 9.85. The molecule has 1 aliphatic heterocycles. The molecule has 0 bridgehead atoms. The van der Waals surface area contributed by atoms with Gasteiger partial charge in [0.25, 0.3) is 21.8 Å². The van der Waals surface area contributed by atoms with Gasteiger partial charge in [0.1, 0.15) is 5.54 Å². The van der Waals surface area contributed by atoms with Crippen molar-refractivity contribution in [3.8, 4) is 0 Å². The molecule has 144 valence electrons. The van der Waals surface area contributed by atoms with Crippen molar-refractivity contribution < 1.29 is 18.0 Å². The number of aromatic nitrogens is 2. The summed E-state index contributed by atoms with van der Waals surface area (Å²) < 4.78 is 28.5. The van der Waals surface area contributed by atoms with Crippen molar-refractivity contribution in [2.45, 2.75) is 30.7 Å². The number of aryl methyl sites for hydroxylation is 2. The number of hydrogen-bond donors (Lipinski definition) is 1. The molecule has 1 aromatic carbocycles. The Morgan fingerprint density at radius 1 is 1.26 bits per heavy atom. The van der Waals surface area contributed by atoms with Gasteiger partial charge in [-0.15, -0.1) is 0 Å². The molecule has 2 heterocycles. The van der Waals surface area contributed by atoms with Gasteiger partial charge in [0.05, 0.1) is 4.90 Å². The zero-order valence-electron chi connectivity index (χ0n) is 15.1. The van der Waals surface area contributed by atoms with E-state index in [2.05, 4.69) is 9.82 Å². The minimum atomic E-state index is -4.07. The largest absolute Gasteiger partial charge is 0.323 e. The van der Waals surface area contributed by atoms with E-state index in [-0.39, 0.29) is 10.6 Å². The average Bonchev–Trinajstić information content (AvgIpc) is 2.92. The molecular formula is C17H19ClN4O4S. The van der Waals surface area contributed by atoms with Crippen LogP contribution in [0.4, 0.5) is 0 Å². The lowest BCUT2D eigenvalue weighted by Gasteiger charge is -2.48. The van der Waals surface area contributed by atoms with Crippen molar-refractivity contribution in [2.75, 3.05) is 6.54 Å². The molecule has 1 aliphatic rings. The van der Waals surface area contributed by atoms with E-state index < -0.39 is 27.4 Å². The smallest absolute Gasteiger partial charge is 0.275 e. The maximum Gasteiger partial charge on any atom is 0.275 e. The Bertz CT molecular complexity index is 997. The summed E-state index contributed by atoms with van der Waals surface area (Å²) >= 11 is 5.76. The Balaban J connectivity index is 1.79. The maximum atomic E-state index is 12.7. The molecule has 0 radical (unpaired) electrons. The number of nitrogens with zero attached hydrogens (tertiary/aromatic N) is 3. The number of likely N-dealkylation sites (tertiary alicyclic amines) is 1. The van der Waals surface area contributed by atoms with E-state index in [0.717, 1.165) is 5.69 Å². The van der Waals surface area contributed by atoms with Crippen LogP contribution >= 0.6 is 11.6 Å². The number of halogens is 1. The highest BCUT2D eigenvalue weighted by atomic mass is 35.5. The summed E-state index contributed by atoms with van der Waals surface area (Å²) in [5.74, 6) is -1.17. The van der Waals surface area contributed by atoms with Gasteiger partial charge in [0, 0.05) is 24.3 Å². The first-order valence-electron chi connectivity index (χ1n) is 8.20. The van der Waals surface area contributed by atoms with Gasteiger partial charge in [-0.2, -0.15) is 5.10 Å². The number of carbonyl (C=O) groups excluding carboxylic acids is 2. The van der Waals surface area contributed by atoms with E-state index in [1.54, 1.807) is 17.8 Å². The lowest BCUT2D eigenvalue weighted by molar-refractivity contribution is -0.135. The number of amides is 2. The first-order chi connectivity index (χ1) is 12.5. The van der Waals surface area contributed by atoms with Crippen LogP contribution in [0.15, 0.2) is 35.2 Å². The third kappa shape index (κ3) is 3.44. The third-order valence-electron chi connectivity index (χ3n) is 4.84. The van der Waals surface area contributed by atoms with Crippen molar-refractivity contribution in [1.29, 1.82) is 0 Å². The molecule has 2 amide bonds. The monoisotopic (exact) mass is 410 g/mol. The summed E-state index contributed by atoms with van der Waals surface area (Å²) in [7, 11) is -2.35. The fraction of sp³-hybridized carbons (Fsp3) is 0.353. The van der Waals surface area contributed by atoms with Gasteiger partial charge in [-0.3, -0.25) is 14.3 Å². The molecule has 10 heteroatoms. The Kier molecular flexibility index (Phi) is 4.77. The SMILES string of the molecule is Cc1cc(C(=O)N2CCC2(C)C(=O)NS(=O)(=O)c2ccc(Cl)cc2)nn1C. The molecule has 1 saturated heterocycles. The van der Waals surface area contributed by atoms with Gasteiger partial charge in [-0.1, -0.05) is 11.6 Å². The fourth-order valence-electron chi connectivity index (χ4n) is 2.83. The van der Waals surface area contributed by atoms with Gasteiger partial charge < -0.3 is 4.90 Å². The Morgan fingerprint density at radius 3 is 2.37 bits per heavy atom. The van der Waals surface area contributed by atoms with Crippen LogP contribution in [0, 0.1) is 6.92 Å². The molecule has 27 heavy (non-hydrogen) atoms.